The van der Waals surface area contributed by atoms with E-state index >= 15 is 0 Å². The summed E-state index contributed by atoms with van der Waals surface area (Å²) in [6.45, 7) is 3.87. The van der Waals surface area contributed by atoms with Crippen molar-refractivity contribution in [2.75, 3.05) is 5.32 Å². The van der Waals surface area contributed by atoms with E-state index in [9.17, 15) is 14.9 Å². The molecule has 9 heteroatoms. The molecule has 130 valence electrons. The molecule has 2 unspecified atom stereocenters. The van der Waals surface area contributed by atoms with Crippen molar-refractivity contribution in [3.05, 3.63) is 40.4 Å². The van der Waals surface area contributed by atoms with E-state index in [0.29, 0.717) is 17.1 Å². The fraction of sp³-hybridized carbons (Fsp3) is 0.333. The maximum Gasteiger partial charge on any atom is 0.270 e. The summed E-state index contributed by atoms with van der Waals surface area (Å²) in [4.78, 5) is 22.4. The van der Waals surface area contributed by atoms with Crippen LogP contribution in [0.15, 0.2) is 30.3 Å². The number of amides is 1. The summed E-state index contributed by atoms with van der Waals surface area (Å²) in [5, 5.41) is 20.2. The Morgan fingerprint density at radius 1 is 1.46 bits per heavy atom. The third-order valence-electron chi connectivity index (χ3n) is 3.76. The molecule has 4 N–H and O–H groups in total. The van der Waals surface area contributed by atoms with Crippen LogP contribution in [0.3, 0.4) is 0 Å². The molecule has 0 aliphatic rings. The molecule has 0 radical (unpaired) electrons. The number of nitrogens with zero attached hydrogens (tertiary/aromatic N) is 2. The molecule has 2 aromatic rings. The van der Waals surface area contributed by atoms with Gasteiger partial charge in [0.25, 0.3) is 5.69 Å². The Bertz CT molecular complexity index is 719. The molecule has 0 aliphatic heterocycles. The van der Waals surface area contributed by atoms with Gasteiger partial charge in [-0.3, -0.25) is 20.0 Å². The van der Waals surface area contributed by atoms with Crippen LogP contribution in [-0.2, 0) is 4.79 Å². The van der Waals surface area contributed by atoms with Gasteiger partial charge in [-0.1, -0.05) is 32.4 Å². The van der Waals surface area contributed by atoms with Gasteiger partial charge in [0.15, 0.2) is 5.82 Å². The quantitative estimate of drug-likeness (QED) is 0.543. The predicted molar refractivity (Wildman–Crippen MR) is 94.0 cm³/mol. The number of halogens is 1. The van der Waals surface area contributed by atoms with Gasteiger partial charge in [0, 0.05) is 23.8 Å². The largest absolute Gasteiger partial charge is 0.320 e. The van der Waals surface area contributed by atoms with Crippen LogP contribution in [0.4, 0.5) is 11.5 Å². The average molecular weight is 354 g/mol. The van der Waals surface area contributed by atoms with E-state index in [1.807, 2.05) is 13.8 Å². The fourth-order valence-electron chi connectivity index (χ4n) is 2.04. The first-order valence-corrected chi connectivity index (χ1v) is 7.29. The first-order chi connectivity index (χ1) is 10.9. The number of aromatic amines is 1. The van der Waals surface area contributed by atoms with Gasteiger partial charge in [0.2, 0.25) is 5.91 Å². The van der Waals surface area contributed by atoms with Gasteiger partial charge < -0.3 is 11.1 Å². The van der Waals surface area contributed by atoms with E-state index in [4.69, 9.17) is 5.73 Å². The number of aromatic nitrogens is 2. The summed E-state index contributed by atoms with van der Waals surface area (Å²) in [6.07, 6.45) is 0.800. The van der Waals surface area contributed by atoms with Gasteiger partial charge in [-0.2, -0.15) is 5.10 Å². The van der Waals surface area contributed by atoms with Gasteiger partial charge in [0.05, 0.1) is 16.7 Å². The molecular weight excluding hydrogens is 334 g/mol. The highest BCUT2D eigenvalue weighted by Crippen LogP contribution is 2.24. The Hall–Kier alpha value is -2.45. The summed E-state index contributed by atoms with van der Waals surface area (Å²) in [5.74, 6) is 0.0805. The predicted octanol–water partition coefficient (Wildman–Crippen LogP) is 2.72. The van der Waals surface area contributed by atoms with Gasteiger partial charge in [-0.15, -0.1) is 12.4 Å². The van der Waals surface area contributed by atoms with Gasteiger partial charge in [-0.05, 0) is 5.92 Å². The number of nitrogens with one attached hydrogen (secondary N) is 2. The summed E-state index contributed by atoms with van der Waals surface area (Å²) in [5.41, 5.74) is 7.03. The highest BCUT2D eigenvalue weighted by Gasteiger charge is 2.20. The number of benzene rings is 1. The molecule has 24 heavy (non-hydrogen) atoms. The van der Waals surface area contributed by atoms with Crippen molar-refractivity contribution in [1.29, 1.82) is 0 Å². The second kappa shape index (κ2) is 8.42. The van der Waals surface area contributed by atoms with Crippen molar-refractivity contribution in [1.82, 2.24) is 10.2 Å². The van der Waals surface area contributed by atoms with Crippen LogP contribution in [-0.4, -0.2) is 27.1 Å². The lowest BCUT2D eigenvalue weighted by molar-refractivity contribution is -0.384. The highest BCUT2D eigenvalue weighted by atomic mass is 35.5. The maximum atomic E-state index is 12.0. The van der Waals surface area contributed by atoms with Crippen molar-refractivity contribution in [3.63, 3.8) is 0 Å². The van der Waals surface area contributed by atoms with Gasteiger partial charge in [-0.25, -0.2) is 0 Å². The Morgan fingerprint density at radius 3 is 2.79 bits per heavy atom. The van der Waals surface area contributed by atoms with Crippen LogP contribution in [0, 0.1) is 16.0 Å². The lowest BCUT2D eigenvalue weighted by Crippen LogP contribution is -2.40. The summed E-state index contributed by atoms with van der Waals surface area (Å²) in [6, 6.07) is 7.15. The molecule has 8 nitrogen and oxygen atoms in total. The number of non-ortho nitro benzene ring substituents is 1. The van der Waals surface area contributed by atoms with Crippen molar-refractivity contribution >= 4 is 29.8 Å². The summed E-state index contributed by atoms with van der Waals surface area (Å²) >= 11 is 0. The minimum absolute atomic E-state index is 0. The first-order valence-electron chi connectivity index (χ1n) is 7.29. The third kappa shape index (κ3) is 4.53. The van der Waals surface area contributed by atoms with Crippen molar-refractivity contribution in [3.8, 4) is 11.3 Å². The Labute approximate surface area is 145 Å². The van der Waals surface area contributed by atoms with Crippen LogP contribution in [0.5, 0.6) is 0 Å². The minimum Gasteiger partial charge on any atom is -0.320 e. The molecule has 0 fully saturated rings. The molecule has 0 spiro atoms. The number of anilines is 1. The number of hydrogen-bond donors (Lipinski definition) is 3. The van der Waals surface area contributed by atoms with E-state index in [2.05, 4.69) is 15.5 Å². The number of nitrogens with two attached hydrogens (primary N) is 1. The van der Waals surface area contributed by atoms with E-state index in [-0.39, 0.29) is 29.9 Å². The topological polar surface area (TPSA) is 127 Å². The standard InChI is InChI=1S/C15H19N5O3.ClH/c1-3-9(2)14(16)15(21)17-13-8-12(18-19-13)10-5-4-6-11(7-10)20(22)23;/h4-9,14H,3,16H2,1-2H3,(H2,17,18,19,21);1H. The average Bonchev–Trinajstić information content (AvgIpc) is 3.01. The summed E-state index contributed by atoms with van der Waals surface area (Å²) in [7, 11) is 0. The Kier molecular flexibility index (Phi) is 6.87. The van der Waals surface area contributed by atoms with Crippen molar-refractivity contribution in [2.45, 2.75) is 26.3 Å². The smallest absolute Gasteiger partial charge is 0.270 e. The van der Waals surface area contributed by atoms with Crippen LogP contribution in [0.2, 0.25) is 0 Å². The number of carbonyl (C=O) groups is 1. The monoisotopic (exact) mass is 353 g/mol. The van der Waals surface area contributed by atoms with E-state index in [1.165, 1.54) is 12.1 Å². The molecule has 1 aromatic heterocycles. The third-order valence-corrected chi connectivity index (χ3v) is 3.76. The molecule has 0 saturated heterocycles. The Balaban J connectivity index is 0.00000288. The summed E-state index contributed by atoms with van der Waals surface area (Å²) < 4.78 is 0. The lowest BCUT2D eigenvalue weighted by atomic mass is 9.99. The second-order valence-corrected chi connectivity index (χ2v) is 5.37. The zero-order valence-corrected chi connectivity index (χ0v) is 14.2. The fourth-order valence-corrected chi connectivity index (χ4v) is 2.04. The lowest BCUT2D eigenvalue weighted by Gasteiger charge is -2.16. The van der Waals surface area contributed by atoms with Crippen molar-refractivity contribution < 1.29 is 9.72 Å². The Morgan fingerprint density at radius 2 is 2.17 bits per heavy atom. The molecule has 0 aliphatic carbocycles. The molecule has 2 rings (SSSR count). The molecule has 2 atom stereocenters. The van der Waals surface area contributed by atoms with Gasteiger partial charge >= 0.3 is 0 Å². The van der Waals surface area contributed by atoms with Crippen molar-refractivity contribution in [2.24, 2.45) is 11.7 Å². The van der Waals surface area contributed by atoms with E-state index in [0.717, 1.165) is 6.42 Å². The number of carbonyl (C=O) groups excluding carboxylic acids is 1. The molecule has 1 heterocycles. The number of rotatable bonds is 6. The van der Waals surface area contributed by atoms with Crippen LogP contribution in [0.25, 0.3) is 11.3 Å². The minimum atomic E-state index is -0.613. The van der Waals surface area contributed by atoms with E-state index < -0.39 is 11.0 Å². The zero-order chi connectivity index (χ0) is 17.0. The number of hydrogen-bond acceptors (Lipinski definition) is 5. The number of nitro benzene ring substituents is 1. The molecule has 0 saturated carbocycles. The van der Waals surface area contributed by atoms with Crippen LogP contribution >= 0.6 is 12.4 Å². The zero-order valence-electron chi connectivity index (χ0n) is 13.4. The second-order valence-electron chi connectivity index (χ2n) is 5.37. The molecular formula is C15H20ClN5O3. The normalized spacial score (nSPS) is 12.8. The molecule has 0 bridgehead atoms. The van der Waals surface area contributed by atoms with Gasteiger partial charge in [0.1, 0.15) is 0 Å². The first kappa shape index (κ1) is 19.6. The maximum absolute atomic E-state index is 12.0. The highest BCUT2D eigenvalue weighted by molar-refractivity contribution is 5.94. The number of H-pyrrole nitrogens is 1. The number of nitro groups is 1. The molecule has 1 aromatic carbocycles. The van der Waals surface area contributed by atoms with Crippen LogP contribution < -0.4 is 11.1 Å². The van der Waals surface area contributed by atoms with Crippen LogP contribution in [0.1, 0.15) is 20.3 Å². The SMILES string of the molecule is CCC(C)C(N)C(=O)Nc1cc(-c2cccc([N+](=O)[O-])c2)[nH]n1.Cl. The molecule has 1 amide bonds. The van der Waals surface area contributed by atoms with E-state index in [1.54, 1.807) is 18.2 Å².